The van der Waals surface area contributed by atoms with Crippen LogP contribution in [0.15, 0.2) is 71.3 Å². The molecule has 590 valence electrons. The van der Waals surface area contributed by atoms with Crippen molar-refractivity contribution in [2.45, 2.75) is 148 Å². The second-order valence-electron chi connectivity index (χ2n) is 24.5. The predicted octanol–water partition coefficient (Wildman–Crippen LogP) is -0.498. The molecule has 0 aromatic carbocycles. The molecular formula is C65H88N28O15S2. The molecule has 7 atom stereocenters. The van der Waals surface area contributed by atoms with E-state index in [1.54, 1.807) is 58.4 Å². The van der Waals surface area contributed by atoms with Gasteiger partial charge in [-0.2, -0.15) is 0 Å². The lowest BCUT2D eigenvalue weighted by Gasteiger charge is -2.26. The summed E-state index contributed by atoms with van der Waals surface area (Å²) in [6.45, 7) is 11.8. The number of amides is 1. The number of aliphatic carboxylic acids is 6. The Kier molecular flexibility index (Phi) is 37.6. The van der Waals surface area contributed by atoms with Gasteiger partial charge in [0.25, 0.3) is 11.9 Å². The molecule has 1 amide bonds. The molecule has 1 unspecified atom stereocenters. The van der Waals surface area contributed by atoms with E-state index in [9.17, 15) is 38.4 Å². The van der Waals surface area contributed by atoms with Crippen molar-refractivity contribution in [3.8, 4) is 0 Å². The van der Waals surface area contributed by atoms with E-state index >= 15 is 0 Å². The number of nitrogens with zero attached hydrogens (tertiary/aromatic N) is 19. The summed E-state index contributed by atoms with van der Waals surface area (Å²) in [6.07, 6.45) is 11.2. The maximum atomic E-state index is 11.2. The van der Waals surface area contributed by atoms with Crippen molar-refractivity contribution in [2.24, 2.45) is 40.3 Å². The molecule has 21 N–H and O–H groups in total. The number of carbonyl (C=O) groups excluding carboxylic acids is 2. The van der Waals surface area contributed by atoms with Gasteiger partial charge >= 0.3 is 41.9 Å². The van der Waals surface area contributed by atoms with Gasteiger partial charge in [-0.3, -0.25) is 43.5 Å². The number of nitrogens with two attached hydrogens (primary N) is 6. The van der Waals surface area contributed by atoms with E-state index in [-0.39, 0.29) is 24.6 Å². The molecule has 10 rings (SSSR count). The molecule has 45 heteroatoms. The van der Waals surface area contributed by atoms with Crippen LogP contribution >= 0.6 is 22.7 Å². The molecule has 0 radical (unpaired) electrons. The largest absolute Gasteiger partial charge is 0.480 e. The zero-order chi connectivity index (χ0) is 80.8. The number of rotatable bonds is 32. The van der Waals surface area contributed by atoms with Gasteiger partial charge in [0.15, 0.2) is 34.9 Å². The number of alkyl carbamates (subject to hydrolysis) is 1. The minimum atomic E-state index is -1.06. The quantitative estimate of drug-likeness (QED) is 0.0187. The maximum Gasteiger partial charge on any atom is 0.407 e. The lowest BCUT2D eigenvalue weighted by Crippen LogP contribution is -2.45. The molecule has 1 aliphatic carbocycles. The third-order valence-electron chi connectivity index (χ3n) is 15.1. The average molecular weight is 1570 g/mol. The van der Waals surface area contributed by atoms with E-state index in [0.717, 1.165) is 26.4 Å². The number of hydrogen-bond donors (Lipinski definition) is 15. The third-order valence-corrected chi connectivity index (χ3v) is 17.0. The summed E-state index contributed by atoms with van der Waals surface area (Å²) in [5.74, 6) is -1.87. The van der Waals surface area contributed by atoms with Crippen molar-refractivity contribution in [1.29, 1.82) is 0 Å². The highest BCUT2D eigenvalue weighted by Gasteiger charge is 2.24. The van der Waals surface area contributed by atoms with Gasteiger partial charge < -0.3 is 90.6 Å². The number of piperidine rings is 1. The lowest BCUT2D eigenvalue weighted by atomic mass is 10.1. The molecule has 9 heterocycles. The fourth-order valence-corrected chi connectivity index (χ4v) is 10.6. The number of pyridine rings is 2. The Hall–Kier alpha value is -11.7. The Morgan fingerprint density at radius 2 is 1.06 bits per heavy atom. The number of carboxylic acids is 6. The number of carbonyl (C=O) groups is 8. The number of aromatic nitrogens is 18. The number of ketones is 1. The fourth-order valence-electron chi connectivity index (χ4n) is 8.84. The number of Topliss-reactive ketones (excluding diaryl/α,β-unsaturated/α-hetero) is 1. The minimum Gasteiger partial charge on any atom is -0.480 e. The van der Waals surface area contributed by atoms with Crippen molar-refractivity contribution in [3.05, 3.63) is 144 Å². The molecule has 0 saturated carbocycles. The number of unbranched alkanes of at least 4 members (excludes halogenated alkanes) is 1. The Balaban J connectivity index is 0.000000237. The lowest BCUT2D eigenvalue weighted by molar-refractivity contribution is -0.140. The number of anilines is 3. The summed E-state index contributed by atoms with van der Waals surface area (Å²) >= 11 is 3.04. The molecule has 0 bridgehead atoms. The van der Waals surface area contributed by atoms with Crippen molar-refractivity contribution in [2.75, 3.05) is 43.4 Å². The first-order chi connectivity index (χ1) is 52.3. The van der Waals surface area contributed by atoms with Crippen molar-refractivity contribution in [3.63, 3.8) is 0 Å². The second-order valence-corrected chi connectivity index (χ2v) is 26.5. The van der Waals surface area contributed by atoms with E-state index in [1.807, 2.05) is 46.9 Å². The Bertz CT molecular complexity index is 4260. The molecule has 110 heavy (non-hydrogen) atoms. The smallest absolute Gasteiger partial charge is 0.407 e. The number of likely N-dealkylation sites (tertiary alicyclic amines) is 1. The van der Waals surface area contributed by atoms with Crippen LogP contribution in [-0.2, 0) is 83.4 Å². The molecule has 1 saturated heterocycles. The van der Waals surface area contributed by atoms with Crippen LogP contribution in [0.25, 0.3) is 0 Å². The van der Waals surface area contributed by atoms with E-state index in [1.165, 1.54) is 28.2 Å². The highest BCUT2D eigenvalue weighted by molar-refractivity contribution is 7.10. The van der Waals surface area contributed by atoms with Crippen molar-refractivity contribution >= 4 is 87.9 Å². The van der Waals surface area contributed by atoms with E-state index < -0.39 is 78.2 Å². The standard InChI is InChI=1S/C12H15N7O2.C12H20N2O4.C11H13N7O2.2C11H13N5O2S.C8H14N2O3/c1-7-16-18-12(19-17-7)15-6-8-2-3-9(14-5-8)4-10(13)11(20)21;1-8-6-9(8)7-18-12(17)14-5-3-2-4-10(13)11(15)16;1-6-15-17-11(18-16-6)14-8-2-7(4-13-5-8)3-9(12)10(19)20;1-6-13-15-10(16-14-6)4-8-2-7(5-19-8)3-9(12)11(17)18;1-6-13-15-10(16-14-6)5-9-7(2-3-19-9)4-8(12)11(17)18;9-7(8(12)13)5-10-3-1-6(11)2-4-10/h2-3,5,10H,4,6,13H2,1H3,(H,20,21)(H,15,18,19);6,9-10H,2-5,7,13H2,1H3,(H,14,17)(H,15,16);2,4-5,9H,3,12H2,1H3,(H,19,20)(H,14,17,18);2,5,9H,3-4,12H2,1H3,(H,17,18);2-3,8H,4-5,12H2,1H3,(H,17,18);7H,1-5,9H2,(H,12,13)/t10-;9?,10-;2*9-;8-;7-/m000000/s1. The SMILES string of the molecule is CC1=CC1COC(=O)NCCCC[C@H](N)C(=O)O.Cc1nnc(Cc2cc(C[C@H](N)C(=O)O)cs2)nn1.Cc1nnc(Cc2sccc2C[C@H](N)C(=O)O)nn1.Cc1nnc(NCc2ccc(C[C@H](N)C(=O)O)nc2)nn1.Cc1nnc(Nc2cncc(C[C@H](N)C(=O)O)c2)nn1.N[C@@H](CN1CCC(=O)CC1)C(=O)O. The summed E-state index contributed by atoms with van der Waals surface area (Å²) in [5.41, 5.74) is 38.5. The number of aryl methyl sites for hydroxylation is 4. The van der Waals surface area contributed by atoms with Gasteiger partial charge in [0, 0.05) is 98.6 Å². The number of thiophene rings is 2. The predicted molar refractivity (Wildman–Crippen MR) is 392 cm³/mol. The van der Waals surface area contributed by atoms with Crippen LogP contribution in [0.4, 0.5) is 22.4 Å². The summed E-state index contributed by atoms with van der Waals surface area (Å²) in [6, 6.07) is 3.74. The highest BCUT2D eigenvalue weighted by atomic mass is 32.1. The van der Waals surface area contributed by atoms with Gasteiger partial charge in [-0.1, -0.05) is 17.7 Å². The molecule has 1 fully saturated rings. The topological polar surface area (TPSA) is 695 Å². The first-order valence-corrected chi connectivity index (χ1v) is 35.4. The van der Waals surface area contributed by atoms with Crippen LogP contribution in [0.2, 0.25) is 0 Å². The first kappa shape index (κ1) is 88.9. The number of carboxylic acid groups (broad SMARTS) is 6. The van der Waals surface area contributed by atoms with Crippen LogP contribution in [0, 0.1) is 33.6 Å². The number of ether oxygens (including phenoxy) is 1. The van der Waals surface area contributed by atoms with E-state index in [2.05, 4.69) is 107 Å². The molecule has 43 nitrogen and oxygen atoms in total. The van der Waals surface area contributed by atoms with Crippen LogP contribution in [0.1, 0.15) is 112 Å². The maximum absolute atomic E-state index is 11.2. The minimum absolute atomic E-state index is 0.184. The average Bonchev–Trinajstić information content (AvgIpc) is 1.76. The van der Waals surface area contributed by atoms with Gasteiger partial charge in [-0.15, -0.1) is 104 Å². The zero-order valence-corrected chi connectivity index (χ0v) is 62.2. The highest BCUT2D eigenvalue weighted by Crippen LogP contribution is 2.28. The summed E-state index contributed by atoms with van der Waals surface area (Å²) in [4.78, 5) is 97.8. The fraction of sp³-hybridized carbons (Fsp3) is 0.446. The normalized spacial score (nSPS) is 14.3. The van der Waals surface area contributed by atoms with Crippen molar-refractivity contribution < 1.29 is 73.7 Å². The molecule has 2 aliphatic rings. The van der Waals surface area contributed by atoms with Crippen LogP contribution in [-0.4, -0.2) is 244 Å². The monoisotopic (exact) mass is 1560 g/mol. The van der Waals surface area contributed by atoms with E-state index in [0.29, 0.717) is 161 Å². The van der Waals surface area contributed by atoms with Crippen LogP contribution in [0.3, 0.4) is 0 Å². The molecule has 8 aromatic heterocycles. The third kappa shape index (κ3) is 35.3. The molecule has 8 aromatic rings. The number of hydrogen-bond acceptors (Lipinski definition) is 38. The Morgan fingerprint density at radius 3 is 1.59 bits per heavy atom. The second kappa shape index (κ2) is 46.5. The van der Waals surface area contributed by atoms with Crippen LogP contribution < -0.4 is 50.4 Å². The zero-order valence-electron chi connectivity index (χ0n) is 60.5. The number of nitrogens with one attached hydrogen (secondary N) is 3. The summed E-state index contributed by atoms with van der Waals surface area (Å²) < 4.78 is 4.98. The van der Waals surface area contributed by atoms with Gasteiger partial charge in [0.05, 0.1) is 11.9 Å². The molecule has 0 spiro atoms. The van der Waals surface area contributed by atoms with E-state index in [4.69, 9.17) is 69.8 Å². The van der Waals surface area contributed by atoms with Crippen molar-refractivity contribution in [1.82, 2.24) is 102 Å². The van der Waals surface area contributed by atoms with Gasteiger partial charge in [-0.25, -0.2) is 4.79 Å². The summed E-state index contributed by atoms with van der Waals surface area (Å²) in [7, 11) is 0. The molecular weight excluding hydrogens is 1480 g/mol. The van der Waals surface area contributed by atoms with Gasteiger partial charge in [-0.05, 0) is 130 Å². The van der Waals surface area contributed by atoms with Gasteiger partial charge in [0.1, 0.15) is 48.6 Å². The van der Waals surface area contributed by atoms with Gasteiger partial charge in [0.2, 0.25) is 0 Å². The Morgan fingerprint density at radius 1 is 0.555 bits per heavy atom. The summed E-state index contributed by atoms with van der Waals surface area (Å²) in [5, 5.41) is 126. The first-order valence-electron chi connectivity index (χ1n) is 33.7. The Labute approximate surface area is 636 Å². The van der Waals surface area contributed by atoms with Crippen LogP contribution in [0.5, 0.6) is 0 Å². The molecule has 1 aliphatic heterocycles.